The molecule has 2 aromatic carbocycles. The standard InChI is InChI=1S/C31H29ClN2O9SSe/c1-17-27(44-22(29(36)41-4)15-23(35)40-3)34(20-11-9-19(32)10-12-20)28-25(24(30(37)42-5)26(45-28)31(38)43-6)33(17)16-18-7-13-21(39-2)14-8-18/h7-15H,16H2,1-6H3/b22-15+. The van der Waals surface area contributed by atoms with E-state index in [9.17, 15) is 19.2 Å². The number of esters is 4. The summed E-state index contributed by atoms with van der Waals surface area (Å²) in [6, 6.07) is 14.3. The van der Waals surface area contributed by atoms with E-state index in [1.54, 1.807) is 31.4 Å². The predicted molar refractivity (Wildman–Crippen MR) is 171 cm³/mol. The van der Waals surface area contributed by atoms with Crippen molar-refractivity contribution in [1.82, 2.24) is 0 Å². The van der Waals surface area contributed by atoms with Gasteiger partial charge in [-0.2, -0.15) is 0 Å². The molecule has 0 spiro atoms. The van der Waals surface area contributed by atoms with Crippen LogP contribution in [0, 0.1) is 0 Å². The molecule has 0 unspecified atom stereocenters. The van der Waals surface area contributed by atoms with Gasteiger partial charge in [0, 0.05) is 0 Å². The van der Waals surface area contributed by atoms with Crippen molar-refractivity contribution in [2.24, 2.45) is 0 Å². The number of carbonyl (C=O) groups excluding carboxylic acids is 4. The van der Waals surface area contributed by atoms with Gasteiger partial charge < -0.3 is 0 Å². The van der Waals surface area contributed by atoms with Crippen molar-refractivity contribution in [2.45, 2.75) is 13.5 Å². The first-order valence-corrected chi connectivity index (χ1v) is 16.0. The van der Waals surface area contributed by atoms with Gasteiger partial charge in [0.25, 0.3) is 0 Å². The quantitative estimate of drug-likeness (QED) is 0.117. The molecule has 1 aliphatic heterocycles. The number of fused-ring (bicyclic) bond motifs is 1. The number of thioether (sulfide) groups is 1. The molecule has 0 atom stereocenters. The van der Waals surface area contributed by atoms with Crippen molar-refractivity contribution in [2.75, 3.05) is 45.3 Å². The van der Waals surface area contributed by atoms with Gasteiger partial charge in [-0.3, -0.25) is 0 Å². The van der Waals surface area contributed by atoms with Crippen LogP contribution in [0.15, 0.2) is 70.2 Å². The number of nitrogens with zero attached hydrogens (tertiary/aromatic N) is 2. The number of benzene rings is 2. The summed E-state index contributed by atoms with van der Waals surface area (Å²) in [5.74, 6) is -2.22. The molecule has 2 heterocycles. The normalized spacial score (nSPS) is 12.8. The molecule has 11 nitrogen and oxygen atoms in total. The Bertz CT molecular complexity index is 1680. The van der Waals surface area contributed by atoms with Crippen LogP contribution in [0.5, 0.6) is 5.75 Å². The Kier molecular flexibility index (Phi) is 11.1. The molecule has 0 radical (unpaired) electrons. The zero-order valence-electron chi connectivity index (χ0n) is 25.2. The molecule has 14 heteroatoms. The Balaban J connectivity index is 2.06. The van der Waals surface area contributed by atoms with Gasteiger partial charge in [-0.15, -0.1) is 0 Å². The van der Waals surface area contributed by atoms with Crippen molar-refractivity contribution in [3.05, 3.63) is 90.8 Å². The first kappa shape index (κ1) is 33.7. The molecule has 0 saturated heterocycles. The third-order valence-electron chi connectivity index (χ3n) is 6.64. The van der Waals surface area contributed by atoms with E-state index in [4.69, 9.17) is 35.3 Å². The molecule has 0 N–H and O–H groups in total. The summed E-state index contributed by atoms with van der Waals surface area (Å²) in [6.07, 6.45) is 1.05. The summed E-state index contributed by atoms with van der Waals surface area (Å²) < 4.78 is 26.1. The molecule has 45 heavy (non-hydrogen) atoms. The van der Waals surface area contributed by atoms with E-state index in [1.165, 1.54) is 28.4 Å². The van der Waals surface area contributed by atoms with Crippen molar-refractivity contribution in [3.63, 3.8) is 0 Å². The fourth-order valence-electron chi connectivity index (χ4n) is 4.43. The molecule has 1 aliphatic rings. The van der Waals surface area contributed by atoms with Crippen molar-refractivity contribution in [3.8, 4) is 5.75 Å². The van der Waals surface area contributed by atoms with Gasteiger partial charge in [0.1, 0.15) is 0 Å². The van der Waals surface area contributed by atoms with Crippen molar-refractivity contribution < 1.29 is 42.9 Å². The molecule has 236 valence electrons. The molecule has 0 aliphatic carbocycles. The van der Waals surface area contributed by atoms with Crippen LogP contribution in [0.25, 0.3) is 0 Å². The van der Waals surface area contributed by atoms with Crippen LogP contribution in [0.3, 0.4) is 0 Å². The number of rotatable bonds is 10. The van der Waals surface area contributed by atoms with E-state index in [2.05, 4.69) is 0 Å². The zero-order chi connectivity index (χ0) is 32.8. The van der Waals surface area contributed by atoms with Gasteiger partial charge in [0.05, 0.1) is 0 Å². The number of hydrogen-bond donors (Lipinski definition) is 0. The Labute approximate surface area is 275 Å². The van der Waals surface area contributed by atoms with Gasteiger partial charge >= 0.3 is 276 Å². The Morgan fingerprint density at radius 2 is 1.51 bits per heavy atom. The van der Waals surface area contributed by atoms with E-state index in [1.807, 2.05) is 41.0 Å². The molecule has 0 fully saturated rings. The number of carbonyl (C=O) groups is 4. The maximum atomic E-state index is 13.4. The van der Waals surface area contributed by atoms with E-state index in [-0.39, 0.29) is 21.5 Å². The summed E-state index contributed by atoms with van der Waals surface area (Å²) >= 11 is 6.43. The predicted octanol–water partition coefficient (Wildman–Crippen LogP) is 5.29. The second kappa shape index (κ2) is 14.7. The first-order chi connectivity index (χ1) is 21.6. The fourth-order valence-corrected chi connectivity index (χ4v) is 8.37. The first-order valence-electron chi connectivity index (χ1n) is 13.1. The van der Waals surface area contributed by atoms with Crippen LogP contribution in [0.4, 0.5) is 15.9 Å². The summed E-state index contributed by atoms with van der Waals surface area (Å²) in [4.78, 5) is 55.4. The number of anilines is 3. The summed E-state index contributed by atoms with van der Waals surface area (Å²) in [6.45, 7) is 2.07. The summed E-state index contributed by atoms with van der Waals surface area (Å²) in [5.41, 5.74) is 2.60. The molecule has 3 aromatic rings. The van der Waals surface area contributed by atoms with Gasteiger partial charge in [-0.1, -0.05) is 0 Å². The Morgan fingerprint density at radius 3 is 2.07 bits per heavy atom. The van der Waals surface area contributed by atoms with Crippen molar-refractivity contribution in [1.29, 1.82) is 0 Å². The number of allylic oxidation sites excluding steroid dienone is 1. The SMILES string of the molecule is COC(=O)/C=C(/SC1=C(C)N(Cc2ccc(OC)cc2)c2c([se]c(C(=O)OC)c2C(=O)OC)N1c1ccc(Cl)cc1)C(=O)OC. The average Bonchev–Trinajstić information content (AvgIpc) is 3.46. The third kappa shape index (κ3) is 7.07. The van der Waals surface area contributed by atoms with Crippen molar-refractivity contribution >= 4 is 77.7 Å². The monoisotopic (exact) mass is 720 g/mol. The zero-order valence-corrected chi connectivity index (χ0v) is 28.5. The van der Waals surface area contributed by atoms with Gasteiger partial charge in [-0.25, -0.2) is 0 Å². The summed E-state index contributed by atoms with van der Waals surface area (Å²) in [5, 5.41) is 0.990. The van der Waals surface area contributed by atoms with Gasteiger partial charge in [0.15, 0.2) is 0 Å². The maximum absolute atomic E-state index is 13.4. The van der Waals surface area contributed by atoms with Crippen LogP contribution < -0.4 is 14.5 Å². The van der Waals surface area contributed by atoms with Crippen LogP contribution >= 0.6 is 23.4 Å². The second-order valence-electron chi connectivity index (χ2n) is 9.21. The topological polar surface area (TPSA) is 121 Å². The molecule has 1 aromatic heterocycles. The van der Waals surface area contributed by atoms with E-state index in [0.717, 1.165) is 23.4 Å². The van der Waals surface area contributed by atoms with Crippen LogP contribution in [-0.4, -0.2) is 73.9 Å². The average molecular weight is 720 g/mol. The second-order valence-corrected chi connectivity index (χ2v) is 12.8. The summed E-state index contributed by atoms with van der Waals surface area (Å²) in [7, 11) is 6.47. The van der Waals surface area contributed by atoms with Crippen LogP contribution in [-0.2, 0) is 35.1 Å². The molecule has 0 saturated carbocycles. The van der Waals surface area contributed by atoms with Gasteiger partial charge in [0.2, 0.25) is 0 Å². The van der Waals surface area contributed by atoms with Gasteiger partial charge in [-0.05, 0) is 0 Å². The minimum absolute atomic E-state index is 0.0500. The number of hydrogen-bond acceptors (Lipinski definition) is 12. The minimum atomic E-state index is -0.784. The molecule has 4 rings (SSSR count). The number of methoxy groups -OCH3 is 5. The van der Waals surface area contributed by atoms with E-state index >= 15 is 0 Å². The van der Waals surface area contributed by atoms with Crippen LogP contribution in [0.2, 0.25) is 5.02 Å². The molecule has 0 amide bonds. The fraction of sp³-hybridized carbons (Fsp3) is 0.226. The number of ether oxygens (including phenoxy) is 5. The van der Waals surface area contributed by atoms with Crippen LogP contribution in [0.1, 0.15) is 32.1 Å². The van der Waals surface area contributed by atoms with E-state index in [0.29, 0.717) is 37.4 Å². The molecule has 0 bridgehead atoms. The Hall–Kier alpha value is -4.16. The number of halogens is 1. The Morgan fingerprint density at radius 1 is 0.867 bits per heavy atom. The molecular formula is C31H29ClN2O9SSe. The van der Waals surface area contributed by atoms with E-state index < -0.39 is 38.4 Å². The third-order valence-corrected chi connectivity index (χ3v) is 10.5. The molecular weight excluding hydrogens is 691 g/mol.